The summed E-state index contributed by atoms with van der Waals surface area (Å²) in [6.45, 7) is 3.93. The van der Waals surface area contributed by atoms with Crippen LogP contribution in [0.4, 0.5) is 5.69 Å². The maximum absolute atomic E-state index is 13.1. The van der Waals surface area contributed by atoms with Gasteiger partial charge in [-0.15, -0.1) is 0 Å². The highest BCUT2D eigenvalue weighted by Gasteiger charge is 2.40. The monoisotopic (exact) mass is 415 g/mol. The van der Waals surface area contributed by atoms with Crippen LogP contribution >= 0.6 is 0 Å². The van der Waals surface area contributed by atoms with E-state index < -0.39 is 6.04 Å². The third-order valence-electron chi connectivity index (χ3n) is 5.60. The molecule has 2 atom stereocenters. The summed E-state index contributed by atoms with van der Waals surface area (Å²) in [6, 6.07) is 18.2. The minimum Gasteiger partial charge on any atom is -0.497 e. The second kappa shape index (κ2) is 8.60. The van der Waals surface area contributed by atoms with Crippen molar-refractivity contribution in [3.8, 4) is 5.75 Å². The molecule has 0 unspecified atom stereocenters. The molecule has 0 fully saturated rings. The summed E-state index contributed by atoms with van der Waals surface area (Å²) >= 11 is 0. The highest BCUT2D eigenvalue weighted by molar-refractivity contribution is 6.11. The summed E-state index contributed by atoms with van der Waals surface area (Å²) in [7, 11) is 1.62. The van der Waals surface area contributed by atoms with Gasteiger partial charge in [0.1, 0.15) is 5.75 Å². The quantitative estimate of drug-likeness (QED) is 0.649. The molecule has 0 saturated carbocycles. The first kappa shape index (κ1) is 20.6. The first-order valence-electron chi connectivity index (χ1n) is 10.3. The number of methoxy groups -OCH3 is 1. The van der Waals surface area contributed by atoms with Gasteiger partial charge in [0, 0.05) is 11.9 Å². The maximum atomic E-state index is 13.1. The van der Waals surface area contributed by atoms with Crippen LogP contribution in [0.1, 0.15) is 52.6 Å². The van der Waals surface area contributed by atoms with Crippen LogP contribution in [-0.4, -0.2) is 23.9 Å². The number of carbonyl (C=O) groups is 2. The predicted octanol–water partition coefficient (Wildman–Crippen LogP) is 4.37. The molecule has 0 bridgehead atoms. The van der Waals surface area contributed by atoms with E-state index >= 15 is 0 Å². The van der Waals surface area contributed by atoms with Crippen molar-refractivity contribution in [2.24, 2.45) is 0 Å². The number of nitrogens with one attached hydrogen (secondary N) is 1. The van der Waals surface area contributed by atoms with Crippen LogP contribution in [0.25, 0.3) is 0 Å². The van der Waals surface area contributed by atoms with Gasteiger partial charge in [0.05, 0.1) is 36.9 Å². The number of carbonyl (C=O) groups excluding carboxylic acids is 2. The summed E-state index contributed by atoms with van der Waals surface area (Å²) in [5.41, 5.74) is 4.03. The van der Waals surface area contributed by atoms with Gasteiger partial charge >= 0.3 is 0 Å². The number of anilines is 1. The number of fused-ring (bicyclic) bond motifs is 1. The number of pyridine rings is 1. The molecule has 2 amide bonds. The summed E-state index contributed by atoms with van der Waals surface area (Å²) < 4.78 is 5.19. The molecule has 31 heavy (non-hydrogen) atoms. The van der Waals surface area contributed by atoms with E-state index in [-0.39, 0.29) is 24.3 Å². The largest absolute Gasteiger partial charge is 0.497 e. The van der Waals surface area contributed by atoms with Gasteiger partial charge in [-0.05, 0) is 55.8 Å². The first-order valence-corrected chi connectivity index (χ1v) is 10.3. The van der Waals surface area contributed by atoms with E-state index in [1.165, 1.54) is 0 Å². The Bertz CT molecular complexity index is 1090. The molecule has 0 radical (unpaired) electrons. The molecule has 2 aromatic carbocycles. The summed E-state index contributed by atoms with van der Waals surface area (Å²) in [5, 5.41) is 3.04. The Morgan fingerprint density at radius 1 is 1.13 bits per heavy atom. The molecule has 1 N–H and O–H groups in total. The van der Waals surface area contributed by atoms with Crippen molar-refractivity contribution in [2.45, 2.75) is 32.4 Å². The zero-order valence-corrected chi connectivity index (χ0v) is 17.8. The normalized spacial score (nSPS) is 16.0. The van der Waals surface area contributed by atoms with Crippen molar-refractivity contribution < 1.29 is 14.3 Å². The van der Waals surface area contributed by atoms with Gasteiger partial charge in [0.25, 0.3) is 5.91 Å². The number of amides is 2. The minimum atomic E-state index is -0.450. The number of aromatic nitrogens is 1. The van der Waals surface area contributed by atoms with Crippen molar-refractivity contribution >= 4 is 17.5 Å². The molecule has 6 heteroatoms. The lowest BCUT2D eigenvalue weighted by molar-refractivity contribution is -0.122. The zero-order valence-electron chi connectivity index (χ0n) is 17.8. The van der Waals surface area contributed by atoms with Gasteiger partial charge in [-0.1, -0.05) is 29.8 Å². The molecule has 4 rings (SSSR count). The molecule has 2 heterocycles. The number of benzene rings is 2. The second-order valence-electron chi connectivity index (χ2n) is 7.73. The minimum absolute atomic E-state index is 0.129. The molecule has 0 aliphatic carbocycles. The average Bonchev–Trinajstić information content (AvgIpc) is 3.06. The lowest BCUT2D eigenvalue weighted by atomic mass is 10.1. The van der Waals surface area contributed by atoms with Gasteiger partial charge in [-0.2, -0.15) is 0 Å². The standard InChI is InChI=1S/C25H25N3O3/c1-16-6-10-19(11-7-16)28-22(24-21(25(28)30)5-4-14-26-24)15-23(29)27-17(2)18-8-12-20(31-3)13-9-18/h4-14,17,22H,15H2,1-3H3,(H,27,29)/t17-,22+/m0/s1. The smallest absolute Gasteiger partial charge is 0.260 e. The molecule has 1 aliphatic rings. The van der Waals surface area contributed by atoms with Crippen LogP contribution in [0, 0.1) is 6.92 Å². The van der Waals surface area contributed by atoms with Crippen LogP contribution in [0.3, 0.4) is 0 Å². The molecule has 3 aromatic rings. The fourth-order valence-electron chi connectivity index (χ4n) is 3.90. The van der Waals surface area contributed by atoms with Crippen LogP contribution in [-0.2, 0) is 4.79 Å². The third-order valence-corrected chi connectivity index (χ3v) is 5.60. The van der Waals surface area contributed by atoms with E-state index in [1.807, 2.05) is 62.4 Å². The van der Waals surface area contributed by atoms with Crippen LogP contribution in [0.5, 0.6) is 5.75 Å². The van der Waals surface area contributed by atoms with E-state index in [1.54, 1.807) is 30.3 Å². The van der Waals surface area contributed by atoms with E-state index in [4.69, 9.17) is 4.74 Å². The lowest BCUT2D eigenvalue weighted by Crippen LogP contribution is -2.34. The Labute approximate surface area is 181 Å². The summed E-state index contributed by atoms with van der Waals surface area (Å²) in [4.78, 5) is 32.2. The van der Waals surface area contributed by atoms with Crippen molar-refractivity contribution in [2.75, 3.05) is 12.0 Å². The van der Waals surface area contributed by atoms with Crippen LogP contribution < -0.4 is 15.0 Å². The predicted molar refractivity (Wildman–Crippen MR) is 119 cm³/mol. The number of hydrogen-bond donors (Lipinski definition) is 1. The Kier molecular flexibility index (Phi) is 5.71. The van der Waals surface area contributed by atoms with Gasteiger partial charge in [-0.3, -0.25) is 19.5 Å². The molecular weight excluding hydrogens is 390 g/mol. The third kappa shape index (κ3) is 4.14. The highest BCUT2D eigenvalue weighted by atomic mass is 16.5. The Morgan fingerprint density at radius 2 is 1.84 bits per heavy atom. The molecule has 0 saturated heterocycles. The van der Waals surface area contributed by atoms with Crippen molar-refractivity contribution in [1.82, 2.24) is 10.3 Å². The molecule has 0 spiro atoms. The van der Waals surface area contributed by atoms with Gasteiger partial charge in [0.15, 0.2) is 0 Å². The highest BCUT2D eigenvalue weighted by Crippen LogP contribution is 2.38. The van der Waals surface area contributed by atoms with E-state index in [9.17, 15) is 9.59 Å². The average molecular weight is 415 g/mol. The number of hydrogen-bond acceptors (Lipinski definition) is 4. The lowest BCUT2D eigenvalue weighted by Gasteiger charge is -2.25. The van der Waals surface area contributed by atoms with E-state index in [0.29, 0.717) is 11.3 Å². The topological polar surface area (TPSA) is 71.5 Å². The van der Waals surface area contributed by atoms with Gasteiger partial charge in [-0.25, -0.2) is 0 Å². The first-order chi connectivity index (χ1) is 15.0. The zero-order chi connectivity index (χ0) is 22.0. The number of rotatable bonds is 6. The molecule has 6 nitrogen and oxygen atoms in total. The summed E-state index contributed by atoms with van der Waals surface area (Å²) in [6.07, 6.45) is 1.79. The van der Waals surface area contributed by atoms with Gasteiger partial charge in [0.2, 0.25) is 5.91 Å². The molecule has 1 aliphatic heterocycles. The van der Waals surface area contributed by atoms with E-state index in [0.717, 1.165) is 22.6 Å². The van der Waals surface area contributed by atoms with Crippen molar-refractivity contribution in [1.29, 1.82) is 0 Å². The van der Waals surface area contributed by atoms with Gasteiger partial charge < -0.3 is 10.1 Å². The second-order valence-corrected chi connectivity index (χ2v) is 7.73. The number of nitrogens with zero attached hydrogens (tertiary/aromatic N) is 2. The van der Waals surface area contributed by atoms with Crippen LogP contribution in [0.2, 0.25) is 0 Å². The Morgan fingerprint density at radius 3 is 2.52 bits per heavy atom. The summed E-state index contributed by atoms with van der Waals surface area (Å²) in [5.74, 6) is 0.493. The SMILES string of the molecule is COc1ccc([C@H](C)NC(=O)C[C@@H]2c3ncccc3C(=O)N2c2ccc(C)cc2)cc1. The Hall–Kier alpha value is -3.67. The number of aryl methyl sites for hydroxylation is 1. The molecule has 1 aromatic heterocycles. The van der Waals surface area contributed by atoms with E-state index in [2.05, 4.69) is 10.3 Å². The van der Waals surface area contributed by atoms with Crippen molar-refractivity contribution in [3.05, 3.63) is 89.2 Å². The fraction of sp³-hybridized carbons (Fsp3) is 0.240. The Balaban J connectivity index is 1.55. The van der Waals surface area contributed by atoms with Crippen LogP contribution in [0.15, 0.2) is 66.9 Å². The fourth-order valence-corrected chi connectivity index (χ4v) is 3.90. The maximum Gasteiger partial charge on any atom is 0.260 e. The molecular formula is C25H25N3O3. The van der Waals surface area contributed by atoms with Crippen molar-refractivity contribution in [3.63, 3.8) is 0 Å². The molecule has 158 valence electrons. The number of ether oxygens (including phenoxy) is 1.